The second-order valence-electron chi connectivity index (χ2n) is 8.67. The average molecular weight is 463 g/mol. The first kappa shape index (κ1) is 22.4. The number of hydrogen-bond acceptors (Lipinski definition) is 6. The largest absolute Gasteiger partial charge is 0.296 e. The van der Waals surface area contributed by atoms with E-state index in [-0.39, 0.29) is 16.8 Å². The van der Waals surface area contributed by atoms with Gasteiger partial charge in [-0.3, -0.25) is 10.1 Å². The van der Waals surface area contributed by atoms with E-state index in [2.05, 4.69) is 15.5 Å². The molecule has 0 radical (unpaired) electrons. The normalized spacial score (nSPS) is 21.2. The highest BCUT2D eigenvalue weighted by atomic mass is 32.2. The summed E-state index contributed by atoms with van der Waals surface area (Å²) in [5, 5.41) is 12.7. The predicted octanol–water partition coefficient (Wildman–Crippen LogP) is 4.71. The molecule has 1 amide bonds. The van der Waals surface area contributed by atoms with E-state index in [1.54, 1.807) is 16.4 Å². The zero-order valence-corrected chi connectivity index (χ0v) is 19.8. The van der Waals surface area contributed by atoms with E-state index in [1.165, 1.54) is 36.7 Å². The number of carbonyl (C=O) groups is 1. The molecule has 9 heteroatoms. The van der Waals surface area contributed by atoms with Crippen molar-refractivity contribution in [2.75, 3.05) is 11.9 Å². The molecule has 1 N–H and O–H groups in total. The molecule has 0 bridgehead atoms. The molecule has 1 saturated carbocycles. The van der Waals surface area contributed by atoms with Gasteiger partial charge in [0.1, 0.15) is 5.01 Å². The summed E-state index contributed by atoms with van der Waals surface area (Å²) in [6.07, 6.45) is 8.70. The standard InChI is InChI=1S/C22H30N4O3S2/c1-15-11-12-18(31(28,29)26-13-7-6-8-16(26)2)14-19(15)20(27)23-22-25-24-21(30-22)17-9-4-3-5-10-17/h11-12,14,16-17H,3-10,13H2,1-2H3,(H,23,25,27). The molecule has 7 nitrogen and oxygen atoms in total. The number of aryl methyl sites for hydroxylation is 1. The monoisotopic (exact) mass is 462 g/mol. The summed E-state index contributed by atoms with van der Waals surface area (Å²) in [4.78, 5) is 13.1. The van der Waals surface area contributed by atoms with Crippen LogP contribution in [0.4, 0.5) is 5.13 Å². The molecule has 2 aromatic rings. The summed E-state index contributed by atoms with van der Waals surface area (Å²) in [6.45, 7) is 4.27. The Morgan fingerprint density at radius 1 is 1.10 bits per heavy atom. The Balaban J connectivity index is 1.53. The molecule has 2 fully saturated rings. The molecule has 1 atom stereocenters. The number of rotatable bonds is 5. The number of piperidine rings is 1. The minimum atomic E-state index is -3.64. The minimum absolute atomic E-state index is 0.0306. The number of nitrogens with zero attached hydrogens (tertiary/aromatic N) is 3. The summed E-state index contributed by atoms with van der Waals surface area (Å²) in [5.74, 6) is 0.0752. The lowest BCUT2D eigenvalue weighted by atomic mass is 9.90. The zero-order chi connectivity index (χ0) is 22.0. The second kappa shape index (κ2) is 9.34. The molecule has 1 saturated heterocycles. The molecule has 2 aliphatic rings. The maximum absolute atomic E-state index is 13.2. The van der Waals surface area contributed by atoms with E-state index in [0.717, 1.165) is 42.7 Å². The summed E-state index contributed by atoms with van der Waals surface area (Å²) >= 11 is 1.42. The van der Waals surface area contributed by atoms with Gasteiger partial charge in [-0.25, -0.2) is 8.42 Å². The third-order valence-corrected chi connectivity index (χ3v) is 9.43. The van der Waals surface area contributed by atoms with Crippen LogP contribution in [0.1, 0.15) is 85.1 Å². The number of nitrogens with one attached hydrogen (secondary N) is 1. The summed E-state index contributed by atoms with van der Waals surface area (Å²) in [5.41, 5.74) is 1.07. The van der Waals surface area contributed by atoms with Gasteiger partial charge in [0.25, 0.3) is 5.91 Å². The molecule has 1 aromatic heterocycles. The predicted molar refractivity (Wildman–Crippen MR) is 122 cm³/mol. The Bertz CT molecular complexity index is 1040. The lowest BCUT2D eigenvalue weighted by Crippen LogP contribution is -2.42. The highest BCUT2D eigenvalue weighted by Gasteiger charge is 2.31. The van der Waals surface area contributed by atoms with Crippen LogP contribution in [0.3, 0.4) is 0 Å². The van der Waals surface area contributed by atoms with Crippen molar-refractivity contribution in [1.82, 2.24) is 14.5 Å². The second-order valence-corrected chi connectivity index (χ2v) is 11.6. The summed E-state index contributed by atoms with van der Waals surface area (Å²) in [7, 11) is -3.64. The minimum Gasteiger partial charge on any atom is -0.296 e. The van der Waals surface area contributed by atoms with Crippen LogP contribution in [0.2, 0.25) is 0 Å². The number of hydrogen-bond donors (Lipinski definition) is 1. The van der Waals surface area contributed by atoms with Crippen LogP contribution in [0.5, 0.6) is 0 Å². The molecular weight excluding hydrogens is 432 g/mol. The van der Waals surface area contributed by atoms with E-state index in [9.17, 15) is 13.2 Å². The van der Waals surface area contributed by atoms with Crippen LogP contribution in [-0.4, -0.2) is 41.4 Å². The topological polar surface area (TPSA) is 92.3 Å². The van der Waals surface area contributed by atoms with Crippen molar-refractivity contribution in [2.45, 2.75) is 82.1 Å². The number of sulfonamides is 1. The third kappa shape index (κ3) is 4.83. The van der Waals surface area contributed by atoms with Gasteiger partial charge in [-0.1, -0.05) is 43.1 Å². The first-order valence-corrected chi connectivity index (χ1v) is 13.4. The van der Waals surface area contributed by atoms with Gasteiger partial charge in [0.05, 0.1) is 4.90 Å². The van der Waals surface area contributed by atoms with Crippen molar-refractivity contribution in [3.63, 3.8) is 0 Å². The number of aromatic nitrogens is 2. The van der Waals surface area contributed by atoms with Crippen molar-refractivity contribution < 1.29 is 13.2 Å². The van der Waals surface area contributed by atoms with Gasteiger partial charge in [-0.15, -0.1) is 10.2 Å². The van der Waals surface area contributed by atoms with Gasteiger partial charge in [-0.2, -0.15) is 4.31 Å². The lowest BCUT2D eigenvalue weighted by Gasteiger charge is -2.32. The fourth-order valence-corrected chi connectivity index (χ4v) is 7.17. The Labute approximate surface area is 188 Å². The lowest BCUT2D eigenvalue weighted by molar-refractivity contribution is 0.102. The van der Waals surface area contributed by atoms with E-state index < -0.39 is 10.0 Å². The van der Waals surface area contributed by atoms with Crippen molar-refractivity contribution >= 4 is 32.4 Å². The van der Waals surface area contributed by atoms with Gasteiger partial charge in [0.15, 0.2) is 0 Å². The third-order valence-electron chi connectivity index (χ3n) is 6.42. The summed E-state index contributed by atoms with van der Waals surface area (Å²) in [6, 6.07) is 4.75. The fraction of sp³-hybridized carbons (Fsp3) is 0.591. The van der Waals surface area contributed by atoms with E-state index in [4.69, 9.17) is 0 Å². The summed E-state index contributed by atoms with van der Waals surface area (Å²) < 4.78 is 27.9. The van der Waals surface area contributed by atoms with Crippen LogP contribution in [0.15, 0.2) is 23.1 Å². The maximum Gasteiger partial charge on any atom is 0.257 e. The Hall–Kier alpha value is -1.84. The van der Waals surface area contributed by atoms with Crippen LogP contribution >= 0.6 is 11.3 Å². The van der Waals surface area contributed by atoms with Crippen LogP contribution in [-0.2, 0) is 10.0 Å². The van der Waals surface area contributed by atoms with Crippen molar-refractivity contribution in [3.05, 3.63) is 34.3 Å². The fourth-order valence-electron chi connectivity index (χ4n) is 4.53. The first-order chi connectivity index (χ1) is 14.9. The SMILES string of the molecule is Cc1ccc(S(=O)(=O)N2CCCCC2C)cc1C(=O)Nc1nnc(C2CCCCC2)s1. The van der Waals surface area contributed by atoms with Crippen molar-refractivity contribution in [3.8, 4) is 0 Å². The Morgan fingerprint density at radius 2 is 1.84 bits per heavy atom. The van der Waals surface area contributed by atoms with Crippen molar-refractivity contribution in [2.24, 2.45) is 0 Å². The average Bonchev–Trinajstić information content (AvgIpc) is 3.23. The first-order valence-electron chi connectivity index (χ1n) is 11.1. The van der Waals surface area contributed by atoms with Gasteiger partial charge in [0, 0.05) is 24.1 Å². The molecule has 1 aliphatic heterocycles. The number of amides is 1. The number of carbonyl (C=O) groups excluding carboxylic acids is 1. The molecule has 2 heterocycles. The van der Waals surface area contributed by atoms with E-state index >= 15 is 0 Å². The maximum atomic E-state index is 13.2. The highest BCUT2D eigenvalue weighted by Crippen LogP contribution is 2.35. The van der Waals surface area contributed by atoms with Gasteiger partial charge in [-0.05, 0) is 57.2 Å². The van der Waals surface area contributed by atoms with Crippen LogP contribution in [0.25, 0.3) is 0 Å². The molecule has 31 heavy (non-hydrogen) atoms. The molecule has 0 spiro atoms. The smallest absolute Gasteiger partial charge is 0.257 e. The number of anilines is 1. The zero-order valence-electron chi connectivity index (χ0n) is 18.1. The quantitative estimate of drug-likeness (QED) is 0.695. The van der Waals surface area contributed by atoms with Crippen molar-refractivity contribution in [1.29, 1.82) is 0 Å². The van der Waals surface area contributed by atoms with Crippen LogP contribution in [0, 0.1) is 6.92 Å². The van der Waals surface area contributed by atoms with Gasteiger partial charge >= 0.3 is 0 Å². The molecule has 1 aromatic carbocycles. The molecule has 4 rings (SSSR count). The molecule has 168 valence electrons. The Kier molecular flexibility index (Phi) is 6.74. The number of benzene rings is 1. The Morgan fingerprint density at radius 3 is 2.58 bits per heavy atom. The van der Waals surface area contributed by atoms with Gasteiger partial charge in [0.2, 0.25) is 15.2 Å². The van der Waals surface area contributed by atoms with Crippen LogP contribution < -0.4 is 5.32 Å². The molecular formula is C22H30N4O3S2. The molecule has 1 unspecified atom stereocenters. The van der Waals surface area contributed by atoms with Gasteiger partial charge < -0.3 is 0 Å². The van der Waals surface area contributed by atoms with E-state index in [1.807, 2.05) is 13.8 Å². The van der Waals surface area contributed by atoms with E-state index in [0.29, 0.717) is 23.2 Å². The molecule has 1 aliphatic carbocycles. The highest BCUT2D eigenvalue weighted by molar-refractivity contribution is 7.89.